The van der Waals surface area contributed by atoms with Gasteiger partial charge < -0.3 is 14.4 Å². The minimum atomic E-state index is -0.482. The van der Waals surface area contributed by atoms with E-state index in [-0.39, 0.29) is 19.1 Å². The van der Waals surface area contributed by atoms with E-state index in [0.29, 0.717) is 17.1 Å². The molecule has 3 amide bonds. The fourth-order valence-corrected chi connectivity index (χ4v) is 3.38. The number of nitrogens with one attached hydrogen (secondary N) is 2. The monoisotopic (exact) mass is 393 g/mol. The number of rotatable bonds is 3. The first-order chi connectivity index (χ1) is 14.0. The minimum absolute atomic E-state index is 0.00233. The van der Waals surface area contributed by atoms with E-state index in [1.165, 1.54) is 11.8 Å². The van der Waals surface area contributed by atoms with Gasteiger partial charge in [-0.15, -0.1) is 0 Å². The Hall–Kier alpha value is -3.81. The highest BCUT2D eigenvalue weighted by molar-refractivity contribution is 5.96. The maximum atomic E-state index is 12.5. The molecule has 0 spiro atoms. The smallest absolute Gasteiger partial charge is 0.269 e. The normalized spacial score (nSPS) is 16.2. The van der Waals surface area contributed by atoms with Crippen LogP contribution in [-0.2, 0) is 9.59 Å². The van der Waals surface area contributed by atoms with Crippen molar-refractivity contribution in [2.75, 3.05) is 6.79 Å². The van der Waals surface area contributed by atoms with Gasteiger partial charge in [0.15, 0.2) is 11.5 Å². The van der Waals surface area contributed by atoms with E-state index in [0.717, 1.165) is 11.1 Å². The van der Waals surface area contributed by atoms with Gasteiger partial charge in [0.25, 0.3) is 5.91 Å². The third-order valence-corrected chi connectivity index (χ3v) is 4.80. The van der Waals surface area contributed by atoms with Gasteiger partial charge >= 0.3 is 0 Å². The maximum Gasteiger partial charge on any atom is 0.269 e. The molecule has 0 radical (unpaired) electrons. The predicted octanol–water partition coefficient (Wildman–Crippen LogP) is 2.14. The highest BCUT2D eigenvalue weighted by atomic mass is 16.7. The number of hydrazine groups is 1. The topological polar surface area (TPSA) is 97.0 Å². The highest BCUT2D eigenvalue weighted by Crippen LogP contribution is 2.33. The second kappa shape index (κ2) is 7.67. The molecule has 2 heterocycles. The van der Waals surface area contributed by atoms with Crippen LogP contribution in [0.15, 0.2) is 48.7 Å². The average molecular weight is 393 g/mol. The lowest BCUT2D eigenvalue weighted by molar-refractivity contribution is -0.130. The summed E-state index contributed by atoms with van der Waals surface area (Å²) in [6, 6.07) is 11.9. The van der Waals surface area contributed by atoms with Gasteiger partial charge in [-0.05, 0) is 35.4 Å². The second-order valence-corrected chi connectivity index (χ2v) is 6.66. The van der Waals surface area contributed by atoms with Crippen LogP contribution in [0.5, 0.6) is 11.5 Å². The van der Waals surface area contributed by atoms with Crippen LogP contribution in [-0.4, -0.2) is 29.4 Å². The Morgan fingerprint density at radius 1 is 1.07 bits per heavy atom. The van der Waals surface area contributed by atoms with Gasteiger partial charge in [-0.2, -0.15) is 0 Å². The Balaban J connectivity index is 1.41. The lowest BCUT2D eigenvalue weighted by Gasteiger charge is -2.32. The standard InChI is InChI=1S/C21H19N3O5/c1-13(25)24-9-8-14-4-2-3-5-16(14)17(24)11-20(26)22-23-21(27)15-6-7-18-19(10-15)29-12-28-18/h2-10,17H,11-12H2,1H3,(H,22,26)(H,23,27)/t17-/m0/s1. The first-order valence-electron chi connectivity index (χ1n) is 9.08. The van der Waals surface area contributed by atoms with Gasteiger partial charge in [-0.3, -0.25) is 25.2 Å². The number of hydrogen-bond acceptors (Lipinski definition) is 5. The van der Waals surface area contributed by atoms with Gasteiger partial charge in [-0.25, -0.2) is 0 Å². The third kappa shape index (κ3) is 3.77. The van der Waals surface area contributed by atoms with E-state index >= 15 is 0 Å². The van der Waals surface area contributed by atoms with E-state index in [1.807, 2.05) is 30.3 Å². The molecule has 0 aromatic heterocycles. The van der Waals surface area contributed by atoms with Crippen LogP contribution in [0.1, 0.15) is 40.9 Å². The zero-order valence-corrected chi connectivity index (χ0v) is 15.7. The van der Waals surface area contributed by atoms with Crippen LogP contribution in [0.4, 0.5) is 0 Å². The van der Waals surface area contributed by atoms with Gasteiger partial charge in [0.1, 0.15) is 0 Å². The predicted molar refractivity (Wildman–Crippen MR) is 104 cm³/mol. The molecule has 0 unspecified atom stereocenters. The molecule has 148 valence electrons. The number of nitrogens with zero attached hydrogens (tertiary/aromatic N) is 1. The zero-order valence-electron chi connectivity index (χ0n) is 15.7. The summed E-state index contributed by atoms with van der Waals surface area (Å²) in [5.41, 5.74) is 6.96. The Morgan fingerprint density at radius 3 is 2.69 bits per heavy atom. The van der Waals surface area contributed by atoms with Crippen molar-refractivity contribution in [3.8, 4) is 11.5 Å². The van der Waals surface area contributed by atoms with Crippen LogP contribution in [0, 0.1) is 0 Å². The fourth-order valence-electron chi connectivity index (χ4n) is 3.38. The summed E-state index contributed by atoms with van der Waals surface area (Å²) in [6.07, 6.45) is 3.52. The van der Waals surface area contributed by atoms with Crippen molar-refractivity contribution < 1.29 is 23.9 Å². The van der Waals surface area contributed by atoms with Crippen molar-refractivity contribution >= 4 is 23.8 Å². The third-order valence-electron chi connectivity index (χ3n) is 4.80. The van der Waals surface area contributed by atoms with Crippen LogP contribution < -0.4 is 20.3 Å². The van der Waals surface area contributed by atoms with Crippen LogP contribution in [0.3, 0.4) is 0 Å². The number of benzene rings is 2. The van der Waals surface area contributed by atoms with E-state index in [2.05, 4.69) is 10.9 Å². The van der Waals surface area contributed by atoms with Crippen LogP contribution in [0.2, 0.25) is 0 Å². The molecule has 0 saturated heterocycles. The summed E-state index contributed by atoms with van der Waals surface area (Å²) >= 11 is 0. The largest absolute Gasteiger partial charge is 0.454 e. The van der Waals surface area contributed by atoms with E-state index in [1.54, 1.807) is 24.4 Å². The Bertz CT molecular complexity index is 1020. The molecule has 0 aliphatic carbocycles. The van der Waals surface area contributed by atoms with Crippen LogP contribution in [0.25, 0.3) is 6.08 Å². The van der Waals surface area contributed by atoms with Gasteiger partial charge in [0, 0.05) is 18.7 Å². The number of amides is 3. The summed E-state index contributed by atoms with van der Waals surface area (Å²) in [5, 5.41) is 0. The maximum absolute atomic E-state index is 12.5. The fraction of sp³-hybridized carbons (Fsp3) is 0.190. The molecule has 2 N–H and O–H groups in total. The summed E-state index contributed by atoms with van der Waals surface area (Å²) in [5.74, 6) is -0.0204. The summed E-state index contributed by atoms with van der Waals surface area (Å²) in [7, 11) is 0. The number of ether oxygens (including phenoxy) is 2. The van der Waals surface area contributed by atoms with E-state index in [9.17, 15) is 14.4 Å². The molecule has 2 aromatic rings. The van der Waals surface area contributed by atoms with Gasteiger partial charge in [0.2, 0.25) is 18.6 Å². The van der Waals surface area contributed by atoms with Crippen LogP contribution >= 0.6 is 0 Å². The van der Waals surface area contributed by atoms with Crippen molar-refractivity contribution in [3.05, 3.63) is 65.4 Å². The van der Waals surface area contributed by atoms with Crippen molar-refractivity contribution in [3.63, 3.8) is 0 Å². The Morgan fingerprint density at radius 2 is 1.86 bits per heavy atom. The molecule has 8 nitrogen and oxygen atoms in total. The second-order valence-electron chi connectivity index (χ2n) is 6.66. The first kappa shape index (κ1) is 18.5. The molecule has 2 aromatic carbocycles. The van der Waals surface area contributed by atoms with Crippen molar-refractivity contribution in [2.24, 2.45) is 0 Å². The molecular weight excluding hydrogens is 374 g/mol. The van der Waals surface area contributed by atoms with Crippen molar-refractivity contribution in [1.29, 1.82) is 0 Å². The lowest BCUT2D eigenvalue weighted by Crippen LogP contribution is -2.43. The molecule has 4 rings (SSSR count). The first-order valence-corrected chi connectivity index (χ1v) is 9.08. The SMILES string of the molecule is CC(=O)N1C=Cc2ccccc2[C@@H]1CC(=O)NNC(=O)c1ccc2c(c1)OCO2. The average Bonchev–Trinajstić information content (AvgIpc) is 3.20. The number of fused-ring (bicyclic) bond motifs is 2. The zero-order chi connectivity index (χ0) is 20.4. The van der Waals surface area contributed by atoms with Crippen molar-refractivity contribution in [1.82, 2.24) is 15.8 Å². The quantitative estimate of drug-likeness (QED) is 0.779. The minimum Gasteiger partial charge on any atom is -0.454 e. The highest BCUT2D eigenvalue weighted by Gasteiger charge is 2.28. The molecular formula is C21H19N3O5. The molecule has 0 bridgehead atoms. The number of carbonyl (C=O) groups excluding carboxylic acids is 3. The van der Waals surface area contributed by atoms with E-state index in [4.69, 9.17) is 9.47 Å². The van der Waals surface area contributed by atoms with Gasteiger partial charge in [0.05, 0.1) is 12.5 Å². The molecule has 2 aliphatic rings. The Kier molecular flexibility index (Phi) is 4.90. The van der Waals surface area contributed by atoms with E-state index < -0.39 is 17.9 Å². The lowest BCUT2D eigenvalue weighted by atomic mass is 9.93. The summed E-state index contributed by atoms with van der Waals surface area (Å²) in [4.78, 5) is 38.3. The number of hydrogen-bond donors (Lipinski definition) is 2. The molecule has 8 heteroatoms. The Labute approximate surface area is 167 Å². The molecule has 2 aliphatic heterocycles. The number of carbonyl (C=O) groups is 3. The molecule has 0 fully saturated rings. The van der Waals surface area contributed by atoms with Gasteiger partial charge in [-0.1, -0.05) is 24.3 Å². The summed E-state index contributed by atoms with van der Waals surface area (Å²) in [6.45, 7) is 1.56. The summed E-state index contributed by atoms with van der Waals surface area (Å²) < 4.78 is 10.5. The molecule has 29 heavy (non-hydrogen) atoms. The van der Waals surface area contributed by atoms with Crippen molar-refractivity contribution in [2.45, 2.75) is 19.4 Å². The molecule has 0 saturated carbocycles. The molecule has 1 atom stereocenters.